The molecule has 0 aromatic rings. The number of rotatable bonds is 1. The van der Waals surface area contributed by atoms with Crippen molar-refractivity contribution in [1.82, 2.24) is 0 Å². The molecule has 0 spiro atoms. The smallest absolute Gasteiger partial charge is 0.173 e. The van der Waals surface area contributed by atoms with Gasteiger partial charge in [0.05, 0.1) is 12.6 Å². The van der Waals surface area contributed by atoms with E-state index < -0.39 is 37.3 Å². The average molecular weight is 216 g/mol. The van der Waals surface area contributed by atoms with Crippen molar-refractivity contribution in [2.45, 2.75) is 30.6 Å². The lowest BCUT2D eigenvalue weighted by Crippen LogP contribution is -2.61. The highest BCUT2D eigenvalue weighted by Crippen LogP contribution is 2.17. The summed E-state index contributed by atoms with van der Waals surface area (Å²) in [7, 11) is 0. The topological polar surface area (TPSA) is 116 Å². The van der Waals surface area contributed by atoms with Crippen molar-refractivity contribution in [3.05, 3.63) is 0 Å². The van der Waals surface area contributed by atoms with Gasteiger partial charge in [0.1, 0.15) is 18.3 Å². The Labute approximate surface area is 81.3 Å². The Hall–Kier alpha value is 0.0500. The van der Waals surface area contributed by atoms with Gasteiger partial charge in [-0.25, -0.2) is 0 Å². The monoisotopic (exact) mass is 215 g/mol. The van der Waals surface area contributed by atoms with Crippen LogP contribution in [0, 0.1) is 0 Å². The van der Waals surface area contributed by atoms with Gasteiger partial charge in [-0.15, -0.1) is 12.4 Å². The normalized spacial score (nSPS) is 45.5. The first-order valence-electron chi connectivity index (χ1n) is 3.64. The zero-order chi connectivity index (χ0) is 9.30. The quantitative estimate of drug-likeness (QED) is 0.322. The summed E-state index contributed by atoms with van der Waals surface area (Å²) in [6.45, 7) is -0.470. The minimum Gasteiger partial charge on any atom is -0.394 e. The maximum atomic E-state index is 9.20. The van der Waals surface area contributed by atoms with Crippen molar-refractivity contribution in [2.75, 3.05) is 6.61 Å². The van der Waals surface area contributed by atoms with Crippen LogP contribution in [0.15, 0.2) is 0 Å². The molecule has 0 aliphatic carbocycles. The second-order valence-electron chi connectivity index (χ2n) is 2.81. The fourth-order valence-corrected chi connectivity index (χ4v) is 1.12. The summed E-state index contributed by atoms with van der Waals surface area (Å²) in [5.74, 6) is 0. The Morgan fingerprint density at radius 3 is 2.15 bits per heavy atom. The molecule has 0 aromatic heterocycles. The van der Waals surface area contributed by atoms with Crippen molar-refractivity contribution >= 4 is 12.4 Å². The molecule has 7 heteroatoms. The van der Waals surface area contributed by atoms with E-state index in [1.807, 2.05) is 0 Å². The Balaban J connectivity index is 0.00000144. The third kappa shape index (κ3) is 2.50. The van der Waals surface area contributed by atoms with Crippen molar-refractivity contribution in [1.29, 1.82) is 0 Å². The summed E-state index contributed by atoms with van der Waals surface area (Å²) in [5, 5.41) is 36.1. The van der Waals surface area contributed by atoms with E-state index in [-0.39, 0.29) is 12.4 Å². The van der Waals surface area contributed by atoms with Crippen LogP contribution in [0.5, 0.6) is 0 Å². The Morgan fingerprint density at radius 2 is 1.69 bits per heavy atom. The zero-order valence-corrected chi connectivity index (χ0v) is 7.59. The fraction of sp³-hybridized carbons (Fsp3) is 1.00. The van der Waals surface area contributed by atoms with E-state index in [0.29, 0.717) is 0 Å². The van der Waals surface area contributed by atoms with E-state index >= 15 is 0 Å². The van der Waals surface area contributed by atoms with Crippen LogP contribution in [-0.2, 0) is 4.74 Å². The molecule has 1 fully saturated rings. The van der Waals surface area contributed by atoms with Crippen molar-refractivity contribution in [2.24, 2.45) is 5.73 Å². The van der Waals surface area contributed by atoms with Gasteiger partial charge in [-0.3, -0.25) is 0 Å². The van der Waals surface area contributed by atoms with Gasteiger partial charge in [-0.2, -0.15) is 0 Å². The van der Waals surface area contributed by atoms with Gasteiger partial charge < -0.3 is 30.9 Å². The molecule has 6 nitrogen and oxygen atoms in total. The predicted octanol–water partition coefficient (Wildman–Crippen LogP) is -2.83. The van der Waals surface area contributed by atoms with Crippen LogP contribution in [0.3, 0.4) is 0 Å². The van der Waals surface area contributed by atoms with Crippen LogP contribution in [0.2, 0.25) is 0 Å². The van der Waals surface area contributed by atoms with Gasteiger partial charge in [-0.05, 0) is 0 Å². The molecule has 1 heterocycles. The first-order chi connectivity index (χ1) is 5.57. The van der Waals surface area contributed by atoms with Crippen LogP contribution < -0.4 is 5.73 Å². The second kappa shape index (κ2) is 5.06. The number of hydrogen-bond acceptors (Lipinski definition) is 6. The molecule has 0 unspecified atom stereocenters. The molecule has 0 saturated carbocycles. The van der Waals surface area contributed by atoms with Crippen molar-refractivity contribution in [3.63, 3.8) is 0 Å². The minimum atomic E-state index is -1.35. The summed E-state index contributed by atoms with van der Waals surface area (Å²) in [6, 6.07) is -1.04. The van der Waals surface area contributed by atoms with Gasteiger partial charge in [0.25, 0.3) is 0 Å². The van der Waals surface area contributed by atoms with E-state index in [1.165, 1.54) is 0 Å². The largest absolute Gasteiger partial charge is 0.394 e. The van der Waals surface area contributed by atoms with Crippen molar-refractivity contribution < 1.29 is 25.2 Å². The van der Waals surface area contributed by atoms with E-state index in [2.05, 4.69) is 0 Å². The van der Waals surface area contributed by atoms with E-state index in [1.54, 1.807) is 0 Å². The lowest BCUT2D eigenvalue weighted by molar-refractivity contribution is -0.248. The van der Waals surface area contributed by atoms with Crippen LogP contribution in [0.1, 0.15) is 0 Å². The van der Waals surface area contributed by atoms with Gasteiger partial charge >= 0.3 is 0 Å². The molecule has 13 heavy (non-hydrogen) atoms. The third-order valence-electron chi connectivity index (χ3n) is 1.95. The number of halogens is 1. The van der Waals surface area contributed by atoms with E-state index in [0.717, 1.165) is 0 Å². The first-order valence-corrected chi connectivity index (χ1v) is 3.64. The molecule has 1 rings (SSSR count). The Bertz CT molecular complexity index is 155. The molecule has 6 N–H and O–H groups in total. The average Bonchev–Trinajstić information content (AvgIpc) is 2.08. The Kier molecular flexibility index (Phi) is 5.08. The number of aliphatic hydroxyl groups is 4. The van der Waals surface area contributed by atoms with Crippen LogP contribution in [0.4, 0.5) is 0 Å². The maximum absolute atomic E-state index is 9.20. The summed E-state index contributed by atoms with van der Waals surface area (Å²) >= 11 is 0. The summed E-state index contributed by atoms with van der Waals surface area (Å²) < 4.78 is 4.70. The molecule has 1 saturated heterocycles. The number of aliphatic hydroxyl groups excluding tert-OH is 4. The number of ether oxygens (including phenoxy) is 1. The fourth-order valence-electron chi connectivity index (χ4n) is 1.12. The van der Waals surface area contributed by atoms with Gasteiger partial charge in [0.2, 0.25) is 0 Å². The molecule has 1 aliphatic heterocycles. The summed E-state index contributed by atoms with van der Waals surface area (Å²) in [5.41, 5.74) is 5.26. The molecule has 0 radical (unpaired) electrons. The molecule has 0 bridgehead atoms. The zero-order valence-electron chi connectivity index (χ0n) is 6.78. The summed E-state index contributed by atoms with van der Waals surface area (Å²) in [6.07, 6.45) is -4.85. The van der Waals surface area contributed by atoms with Gasteiger partial charge in [-0.1, -0.05) is 0 Å². The lowest BCUT2D eigenvalue weighted by Gasteiger charge is -2.38. The Morgan fingerprint density at radius 1 is 1.15 bits per heavy atom. The molecule has 0 amide bonds. The molecule has 80 valence electrons. The summed E-state index contributed by atoms with van der Waals surface area (Å²) in [4.78, 5) is 0. The predicted molar refractivity (Wildman–Crippen MR) is 45.2 cm³/mol. The SMILES string of the molecule is Cl.N[C@@H]1[C@@H](O)[C@@H](O)[C@@H](CO)O[C@@H]1O. The van der Waals surface area contributed by atoms with E-state index in [9.17, 15) is 10.2 Å². The lowest BCUT2D eigenvalue weighted by atomic mass is 9.98. The molecule has 1 aliphatic rings. The number of hydrogen-bond donors (Lipinski definition) is 5. The van der Waals surface area contributed by atoms with Crippen LogP contribution in [-0.4, -0.2) is 57.7 Å². The molecule has 0 aromatic carbocycles. The van der Waals surface area contributed by atoms with Crippen LogP contribution in [0.25, 0.3) is 0 Å². The molecule has 5 atom stereocenters. The van der Waals surface area contributed by atoms with Crippen molar-refractivity contribution in [3.8, 4) is 0 Å². The standard InChI is InChI=1S/C6H13NO5.ClH/c7-3-5(10)4(9)2(1-8)12-6(3)11;/h2-6,8-11H,1,7H2;1H/t2-,3-,4+,5-,6+;/m1./s1. The van der Waals surface area contributed by atoms with Gasteiger partial charge in [0.15, 0.2) is 6.29 Å². The highest BCUT2D eigenvalue weighted by molar-refractivity contribution is 5.85. The van der Waals surface area contributed by atoms with Gasteiger partial charge in [0, 0.05) is 0 Å². The molecular weight excluding hydrogens is 202 g/mol. The maximum Gasteiger partial charge on any atom is 0.173 e. The molecular formula is C6H14ClNO5. The van der Waals surface area contributed by atoms with Crippen LogP contribution >= 0.6 is 12.4 Å². The highest BCUT2D eigenvalue weighted by Gasteiger charge is 2.41. The first kappa shape index (κ1) is 13.1. The second-order valence-corrected chi connectivity index (χ2v) is 2.81. The minimum absolute atomic E-state index is 0. The highest BCUT2D eigenvalue weighted by atomic mass is 35.5. The number of nitrogens with two attached hydrogens (primary N) is 1. The third-order valence-corrected chi connectivity index (χ3v) is 1.95. The van der Waals surface area contributed by atoms with E-state index in [4.69, 9.17) is 20.7 Å².